The van der Waals surface area contributed by atoms with Gasteiger partial charge in [0, 0.05) is 12.2 Å². The molecule has 0 spiro atoms. The Morgan fingerprint density at radius 3 is 2.71 bits per heavy atom. The van der Waals surface area contributed by atoms with E-state index in [1.54, 1.807) is 7.11 Å². The van der Waals surface area contributed by atoms with Gasteiger partial charge < -0.3 is 15.8 Å². The van der Waals surface area contributed by atoms with Gasteiger partial charge in [-0.15, -0.1) is 0 Å². The molecule has 1 aromatic rings. The zero-order valence-corrected chi connectivity index (χ0v) is 12.7. The molecule has 0 heterocycles. The Morgan fingerprint density at radius 1 is 1.29 bits per heavy atom. The highest BCUT2D eigenvalue weighted by Crippen LogP contribution is 2.49. The van der Waals surface area contributed by atoms with E-state index >= 15 is 0 Å². The lowest BCUT2D eigenvalue weighted by molar-refractivity contribution is 0.318. The molecular formula is C17H25N3O. The van der Waals surface area contributed by atoms with Crippen LogP contribution in [0.4, 0.5) is 5.69 Å². The Bertz CT molecular complexity index is 497. The van der Waals surface area contributed by atoms with Crippen molar-refractivity contribution < 1.29 is 4.74 Å². The van der Waals surface area contributed by atoms with Crippen LogP contribution in [0.1, 0.15) is 32.1 Å². The van der Waals surface area contributed by atoms with E-state index in [2.05, 4.69) is 10.3 Å². The fourth-order valence-electron chi connectivity index (χ4n) is 3.94. The van der Waals surface area contributed by atoms with Crippen LogP contribution in [0.2, 0.25) is 0 Å². The highest BCUT2D eigenvalue weighted by atomic mass is 16.5. The zero-order valence-electron chi connectivity index (χ0n) is 12.7. The fraction of sp³-hybridized carbons (Fsp3) is 0.588. The number of nitrogens with one attached hydrogen (secondary N) is 1. The number of fused-ring (bicyclic) bond motifs is 2. The summed E-state index contributed by atoms with van der Waals surface area (Å²) in [6.07, 6.45) is 6.98. The van der Waals surface area contributed by atoms with Gasteiger partial charge in [0.15, 0.2) is 5.96 Å². The fourth-order valence-corrected chi connectivity index (χ4v) is 3.94. The summed E-state index contributed by atoms with van der Waals surface area (Å²) >= 11 is 0. The Balaban J connectivity index is 1.45. The van der Waals surface area contributed by atoms with E-state index in [1.807, 2.05) is 24.3 Å². The second kappa shape index (κ2) is 6.37. The first-order valence-corrected chi connectivity index (χ1v) is 7.95. The van der Waals surface area contributed by atoms with Gasteiger partial charge in [0.25, 0.3) is 0 Å². The van der Waals surface area contributed by atoms with Crippen LogP contribution < -0.4 is 15.8 Å². The van der Waals surface area contributed by atoms with Crippen molar-refractivity contribution in [3.05, 3.63) is 24.3 Å². The third-order valence-corrected chi connectivity index (χ3v) is 5.03. The third kappa shape index (κ3) is 3.49. The van der Waals surface area contributed by atoms with Crippen LogP contribution in [0.5, 0.6) is 5.75 Å². The SMILES string of the molecule is COc1ccc(NC(N)=NCCC2CC3CCC2C3)cc1. The molecule has 0 radical (unpaired) electrons. The monoisotopic (exact) mass is 287 g/mol. The summed E-state index contributed by atoms with van der Waals surface area (Å²) < 4.78 is 5.13. The molecule has 4 heteroatoms. The summed E-state index contributed by atoms with van der Waals surface area (Å²) in [5.41, 5.74) is 6.89. The number of methoxy groups -OCH3 is 1. The average molecular weight is 287 g/mol. The molecule has 0 amide bonds. The van der Waals surface area contributed by atoms with E-state index < -0.39 is 0 Å². The molecule has 21 heavy (non-hydrogen) atoms. The maximum Gasteiger partial charge on any atom is 0.193 e. The van der Waals surface area contributed by atoms with Gasteiger partial charge in [-0.2, -0.15) is 0 Å². The topological polar surface area (TPSA) is 59.6 Å². The van der Waals surface area contributed by atoms with Gasteiger partial charge in [-0.1, -0.05) is 6.42 Å². The first-order chi connectivity index (χ1) is 10.2. The largest absolute Gasteiger partial charge is 0.497 e. The number of nitrogens with zero attached hydrogens (tertiary/aromatic N) is 1. The van der Waals surface area contributed by atoms with Crippen LogP contribution in [0.25, 0.3) is 0 Å². The van der Waals surface area contributed by atoms with E-state index in [1.165, 1.54) is 32.1 Å². The molecule has 3 unspecified atom stereocenters. The number of rotatable bonds is 5. The summed E-state index contributed by atoms with van der Waals surface area (Å²) in [5.74, 6) is 4.22. The summed E-state index contributed by atoms with van der Waals surface area (Å²) in [4.78, 5) is 4.46. The minimum Gasteiger partial charge on any atom is -0.497 e. The lowest BCUT2D eigenvalue weighted by Crippen LogP contribution is -2.23. The number of hydrogen-bond donors (Lipinski definition) is 2. The van der Waals surface area contributed by atoms with Crippen LogP contribution in [0.3, 0.4) is 0 Å². The van der Waals surface area contributed by atoms with Gasteiger partial charge in [0.1, 0.15) is 5.75 Å². The standard InChI is InChI=1S/C17H25N3O/c1-21-16-6-4-15(5-7-16)20-17(18)19-9-8-14-11-12-2-3-13(14)10-12/h4-7,12-14H,2-3,8-11H2,1H3,(H3,18,19,20). The molecule has 2 bridgehead atoms. The highest BCUT2D eigenvalue weighted by molar-refractivity contribution is 5.92. The normalized spacial score (nSPS) is 27.9. The van der Waals surface area contributed by atoms with Crippen molar-refractivity contribution in [3.8, 4) is 5.75 Å². The van der Waals surface area contributed by atoms with Crippen molar-refractivity contribution in [2.24, 2.45) is 28.5 Å². The Hall–Kier alpha value is -1.71. The number of hydrogen-bond acceptors (Lipinski definition) is 2. The van der Waals surface area contributed by atoms with E-state index in [9.17, 15) is 0 Å². The Morgan fingerprint density at radius 2 is 2.10 bits per heavy atom. The van der Waals surface area contributed by atoms with Crippen LogP contribution in [0, 0.1) is 17.8 Å². The molecule has 0 saturated heterocycles. The van der Waals surface area contributed by atoms with Crippen molar-refractivity contribution in [1.82, 2.24) is 0 Å². The quantitative estimate of drug-likeness (QED) is 0.645. The molecule has 4 nitrogen and oxygen atoms in total. The zero-order chi connectivity index (χ0) is 14.7. The summed E-state index contributed by atoms with van der Waals surface area (Å²) in [6, 6.07) is 7.70. The molecule has 3 atom stereocenters. The molecule has 2 fully saturated rings. The van der Waals surface area contributed by atoms with Crippen molar-refractivity contribution in [2.75, 3.05) is 19.0 Å². The molecule has 0 aromatic heterocycles. The van der Waals surface area contributed by atoms with Crippen LogP contribution >= 0.6 is 0 Å². The third-order valence-electron chi connectivity index (χ3n) is 5.03. The smallest absolute Gasteiger partial charge is 0.193 e. The first kappa shape index (κ1) is 14.2. The molecule has 2 aliphatic rings. The minimum absolute atomic E-state index is 0.503. The van der Waals surface area contributed by atoms with E-state index in [0.717, 1.165) is 35.7 Å². The molecular weight excluding hydrogens is 262 g/mol. The summed E-state index contributed by atoms with van der Waals surface area (Å²) in [5, 5.41) is 3.12. The number of benzene rings is 1. The summed E-state index contributed by atoms with van der Waals surface area (Å²) in [6.45, 7) is 0.836. The maximum absolute atomic E-state index is 5.94. The van der Waals surface area contributed by atoms with Crippen molar-refractivity contribution in [2.45, 2.75) is 32.1 Å². The number of nitrogens with two attached hydrogens (primary N) is 1. The van der Waals surface area contributed by atoms with Gasteiger partial charge in [0.05, 0.1) is 7.11 Å². The molecule has 0 aliphatic heterocycles. The van der Waals surface area contributed by atoms with Crippen LogP contribution in [-0.2, 0) is 0 Å². The number of ether oxygens (including phenoxy) is 1. The lowest BCUT2D eigenvalue weighted by Gasteiger charge is -2.20. The average Bonchev–Trinajstić information content (AvgIpc) is 3.11. The number of guanidine groups is 1. The first-order valence-electron chi connectivity index (χ1n) is 7.95. The van der Waals surface area contributed by atoms with Crippen molar-refractivity contribution >= 4 is 11.6 Å². The molecule has 3 N–H and O–H groups in total. The molecule has 1 aromatic carbocycles. The minimum atomic E-state index is 0.503. The van der Waals surface area contributed by atoms with E-state index in [0.29, 0.717) is 5.96 Å². The van der Waals surface area contributed by atoms with E-state index in [-0.39, 0.29) is 0 Å². The van der Waals surface area contributed by atoms with Crippen LogP contribution in [0.15, 0.2) is 29.3 Å². The van der Waals surface area contributed by atoms with Crippen molar-refractivity contribution in [1.29, 1.82) is 0 Å². The second-order valence-corrected chi connectivity index (χ2v) is 6.34. The maximum atomic E-state index is 5.94. The summed E-state index contributed by atoms with van der Waals surface area (Å²) in [7, 11) is 1.66. The van der Waals surface area contributed by atoms with Gasteiger partial charge in [-0.3, -0.25) is 4.99 Å². The predicted molar refractivity (Wildman–Crippen MR) is 86.7 cm³/mol. The van der Waals surface area contributed by atoms with Gasteiger partial charge in [0.2, 0.25) is 0 Å². The second-order valence-electron chi connectivity index (χ2n) is 6.34. The van der Waals surface area contributed by atoms with E-state index in [4.69, 9.17) is 10.5 Å². The van der Waals surface area contributed by atoms with Gasteiger partial charge >= 0.3 is 0 Å². The molecule has 2 aliphatic carbocycles. The number of aliphatic imine (C=N–C) groups is 1. The van der Waals surface area contributed by atoms with Gasteiger partial charge in [-0.05, 0) is 67.7 Å². The lowest BCUT2D eigenvalue weighted by atomic mass is 9.86. The highest BCUT2D eigenvalue weighted by Gasteiger charge is 2.38. The Labute approximate surface area is 126 Å². The van der Waals surface area contributed by atoms with Gasteiger partial charge in [-0.25, -0.2) is 0 Å². The Kier molecular flexibility index (Phi) is 4.32. The number of anilines is 1. The molecule has 2 saturated carbocycles. The molecule has 114 valence electrons. The molecule has 3 rings (SSSR count). The van der Waals surface area contributed by atoms with Crippen molar-refractivity contribution in [3.63, 3.8) is 0 Å². The van der Waals surface area contributed by atoms with Crippen LogP contribution in [-0.4, -0.2) is 19.6 Å². The predicted octanol–water partition coefficient (Wildman–Crippen LogP) is 3.25.